The van der Waals surface area contributed by atoms with Gasteiger partial charge in [0.2, 0.25) is 0 Å². The molecule has 6 nitrogen and oxygen atoms in total. The van der Waals surface area contributed by atoms with E-state index in [1.165, 1.54) is 186 Å². The van der Waals surface area contributed by atoms with Gasteiger partial charge in [-0.15, -0.1) is 0 Å². The number of carbonyl (C=O) groups is 3. The van der Waals surface area contributed by atoms with Crippen molar-refractivity contribution < 1.29 is 28.6 Å². The van der Waals surface area contributed by atoms with Gasteiger partial charge >= 0.3 is 17.9 Å². The molecule has 0 saturated heterocycles. The zero-order valence-corrected chi connectivity index (χ0v) is 48.1. The summed E-state index contributed by atoms with van der Waals surface area (Å²) in [5.41, 5.74) is 0. The van der Waals surface area contributed by atoms with E-state index in [1.54, 1.807) is 0 Å². The number of rotatable bonds is 56. The van der Waals surface area contributed by atoms with Crippen molar-refractivity contribution in [3.63, 3.8) is 0 Å². The Kier molecular flexibility index (Phi) is 58.3. The molecular formula is C67H116O6. The van der Waals surface area contributed by atoms with Crippen LogP contribution in [0.5, 0.6) is 0 Å². The standard InChI is InChI=1S/C67H116O6/c1-4-7-10-13-16-19-22-25-28-31-33-36-39-42-45-48-51-54-57-60-66(69)72-63-64(62-71-65(68)59-56-53-50-47-44-41-38-35-30-27-24-21-18-15-12-9-6-3)73-67(70)61-58-55-52-49-46-43-40-37-34-32-29-26-23-20-17-14-11-8-5-2/h16-17,19-20,25-26,28-29,33,36,42,45,51,54,64H,4-15,18,21-24,27,30-32,34-35,37-41,43-44,46-50,52-53,55-63H2,1-3H3/b19-16-,20-17-,28-25-,29-26-,36-33-,45-42-,54-51-/t64-/m0/s1. The third kappa shape index (κ3) is 59.3. The lowest BCUT2D eigenvalue weighted by Crippen LogP contribution is -2.30. The van der Waals surface area contributed by atoms with E-state index >= 15 is 0 Å². The van der Waals surface area contributed by atoms with Crippen LogP contribution in [0.2, 0.25) is 0 Å². The SMILES string of the molecule is CCCCC/C=C\C/C=C\C/C=C\C/C=C\C/C=C\CCC(=O)OC[C@H](COC(=O)CCCCCCCCCCCCCCCCCCC)OC(=O)CCCCCCCCCCC/C=C\C/C=C\CCCCC. The maximum Gasteiger partial charge on any atom is 0.306 e. The minimum atomic E-state index is -0.809. The highest BCUT2D eigenvalue weighted by atomic mass is 16.6. The lowest BCUT2D eigenvalue weighted by Gasteiger charge is -2.18. The summed E-state index contributed by atoms with van der Waals surface area (Å²) in [7, 11) is 0. The molecule has 0 rings (SSSR count). The van der Waals surface area contributed by atoms with Crippen LogP contribution in [0.3, 0.4) is 0 Å². The van der Waals surface area contributed by atoms with Gasteiger partial charge in [0.05, 0.1) is 0 Å². The number of unbranched alkanes of at least 4 members (excludes halogenated alkanes) is 31. The van der Waals surface area contributed by atoms with Crippen molar-refractivity contribution in [2.24, 2.45) is 0 Å². The Morgan fingerprint density at radius 3 is 0.877 bits per heavy atom. The molecule has 0 aliphatic heterocycles. The number of ether oxygens (including phenoxy) is 3. The van der Waals surface area contributed by atoms with E-state index in [-0.39, 0.29) is 37.5 Å². The lowest BCUT2D eigenvalue weighted by atomic mass is 10.0. The quantitative estimate of drug-likeness (QED) is 0.0261. The Morgan fingerprint density at radius 2 is 0.521 bits per heavy atom. The van der Waals surface area contributed by atoms with E-state index in [0.29, 0.717) is 19.3 Å². The van der Waals surface area contributed by atoms with Gasteiger partial charge in [-0.2, -0.15) is 0 Å². The van der Waals surface area contributed by atoms with Crippen LogP contribution in [0, 0.1) is 0 Å². The van der Waals surface area contributed by atoms with Crippen molar-refractivity contribution in [2.45, 2.75) is 309 Å². The second-order valence-electron chi connectivity index (χ2n) is 20.6. The van der Waals surface area contributed by atoms with Gasteiger partial charge in [-0.3, -0.25) is 14.4 Å². The molecule has 1 atom stereocenters. The summed E-state index contributed by atoms with van der Waals surface area (Å²) in [6, 6.07) is 0. The molecule has 0 aliphatic carbocycles. The van der Waals surface area contributed by atoms with E-state index in [1.807, 2.05) is 6.08 Å². The highest BCUT2D eigenvalue weighted by Gasteiger charge is 2.19. The second kappa shape index (κ2) is 61.1. The molecule has 6 heteroatoms. The first-order valence-electron chi connectivity index (χ1n) is 31.1. The van der Waals surface area contributed by atoms with E-state index in [4.69, 9.17) is 14.2 Å². The Labute approximate surface area is 452 Å². The average molecular weight is 1020 g/mol. The number of hydrogen-bond donors (Lipinski definition) is 0. The molecule has 0 aliphatic rings. The van der Waals surface area contributed by atoms with Crippen LogP contribution in [0.1, 0.15) is 303 Å². The topological polar surface area (TPSA) is 78.9 Å². The number of hydrogen-bond acceptors (Lipinski definition) is 6. The predicted octanol–water partition coefficient (Wildman–Crippen LogP) is 21.1. The highest BCUT2D eigenvalue weighted by molar-refractivity contribution is 5.71. The number of carbonyl (C=O) groups excluding carboxylic acids is 3. The van der Waals surface area contributed by atoms with Crippen LogP contribution in [0.25, 0.3) is 0 Å². The molecule has 0 fully saturated rings. The summed E-state index contributed by atoms with van der Waals surface area (Å²) in [5.74, 6) is -0.977. The predicted molar refractivity (Wildman–Crippen MR) is 316 cm³/mol. The Bertz CT molecular complexity index is 1400. The van der Waals surface area contributed by atoms with E-state index in [2.05, 4.69) is 99.8 Å². The Morgan fingerprint density at radius 1 is 0.274 bits per heavy atom. The van der Waals surface area contributed by atoms with Crippen LogP contribution in [-0.4, -0.2) is 37.2 Å². The van der Waals surface area contributed by atoms with Gasteiger partial charge in [0.25, 0.3) is 0 Å². The second-order valence-corrected chi connectivity index (χ2v) is 20.6. The van der Waals surface area contributed by atoms with Gasteiger partial charge in [0.1, 0.15) is 13.2 Å². The van der Waals surface area contributed by atoms with E-state index in [9.17, 15) is 14.4 Å². The molecule has 0 radical (unpaired) electrons. The monoisotopic (exact) mass is 1020 g/mol. The van der Waals surface area contributed by atoms with Crippen molar-refractivity contribution >= 4 is 17.9 Å². The highest BCUT2D eigenvalue weighted by Crippen LogP contribution is 2.16. The van der Waals surface area contributed by atoms with E-state index < -0.39 is 6.10 Å². The summed E-state index contributed by atoms with van der Waals surface area (Å²) < 4.78 is 16.9. The first-order valence-corrected chi connectivity index (χ1v) is 31.1. The maximum absolute atomic E-state index is 12.9. The fourth-order valence-corrected chi connectivity index (χ4v) is 8.69. The molecule has 0 heterocycles. The maximum atomic E-state index is 12.9. The Hall–Kier alpha value is -3.41. The van der Waals surface area contributed by atoms with Crippen LogP contribution in [0.15, 0.2) is 85.1 Å². The van der Waals surface area contributed by atoms with Crippen LogP contribution < -0.4 is 0 Å². The van der Waals surface area contributed by atoms with E-state index in [0.717, 1.165) is 70.6 Å². The van der Waals surface area contributed by atoms with Crippen molar-refractivity contribution in [1.82, 2.24) is 0 Å². The van der Waals surface area contributed by atoms with Gasteiger partial charge < -0.3 is 14.2 Å². The first-order chi connectivity index (χ1) is 36.0. The zero-order chi connectivity index (χ0) is 52.9. The van der Waals surface area contributed by atoms with Crippen LogP contribution >= 0.6 is 0 Å². The van der Waals surface area contributed by atoms with Gasteiger partial charge in [-0.1, -0.05) is 279 Å². The van der Waals surface area contributed by atoms with Crippen molar-refractivity contribution in [3.8, 4) is 0 Å². The first kappa shape index (κ1) is 69.6. The van der Waals surface area contributed by atoms with Crippen molar-refractivity contribution in [2.75, 3.05) is 13.2 Å². The average Bonchev–Trinajstić information content (AvgIpc) is 3.39. The minimum absolute atomic E-state index is 0.0986. The molecular weight excluding hydrogens is 901 g/mol. The van der Waals surface area contributed by atoms with Crippen molar-refractivity contribution in [1.29, 1.82) is 0 Å². The molecule has 0 N–H and O–H groups in total. The molecule has 73 heavy (non-hydrogen) atoms. The summed E-state index contributed by atoms with van der Waals surface area (Å²) in [5, 5.41) is 0. The number of allylic oxidation sites excluding steroid dienone is 14. The van der Waals surface area contributed by atoms with Gasteiger partial charge in [0.15, 0.2) is 6.10 Å². The number of esters is 3. The molecule has 420 valence electrons. The van der Waals surface area contributed by atoms with Gasteiger partial charge in [-0.25, -0.2) is 0 Å². The molecule has 0 amide bonds. The van der Waals surface area contributed by atoms with Gasteiger partial charge in [0, 0.05) is 19.3 Å². The minimum Gasteiger partial charge on any atom is -0.462 e. The summed E-state index contributed by atoms with van der Waals surface area (Å²) in [6.45, 7) is 6.55. The van der Waals surface area contributed by atoms with Crippen LogP contribution in [0.4, 0.5) is 0 Å². The Balaban J connectivity index is 4.48. The molecule has 0 aromatic rings. The summed E-state index contributed by atoms with van der Waals surface area (Å²) >= 11 is 0. The molecule has 0 aromatic carbocycles. The summed E-state index contributed by atoms with van der Waals surface area (Å²) in [6.07, 6.45) is 80.2. The molecule has 0 saturated carbocycles. The molecule has 0 aromatic heterocycles. The van der Waals surface area contributed by atoms with Gasteiger partial charge in [-0.05, 0) is 89.9 Å². The third-order valence-electron chi connectivity index (χ3n) is 13.4. The third-order valence-corrected chi connectivity index (χ3v) is 13.4. The van der Waals surface area contributed by atoms with Crippen LogP contribution in [-0.2, 0) is 28.6 Å². The molecule has 0 spiro atoms. The van der Waals surface area contributed by atoms with Crippen molar-refractivity contribution in [3.05, 3.63) is 85.1 Å². The lowest BCUT2D eigenvalue weighted by molar-refractivity contribution is -0.166. The molecule has 0 bridgehead atoms. The fourth-order valence-electron chi connectivity index (χ4n) is 8.69. The summed E-state index contributed by atoms with van der Waals surface area (Å²) in [4.78, 5) is 38.3. The fraction of sp³-hybridized carbons (Fsp3) is 0.746. The zero-order valence-electron chi connectivity index (χ0n) is 48.1. The largest absolute Gasteiger partial charge is 0.462 e. The molecule has 0 unspecified atom stereocenters. The normalized spacial score (nSPS) is 12.6. The smallest absolute Gasteiger partial charge is 0.306 e.